The molecule has 0 heterocycles. The number of nitrogens with zero attached hydrogens (tertiary/aromatic N) is 1. The summed E-state index contributed by atoms with van der Waals surface area (Å²) in [5.41, 5.74) is -0.622. The van der Waals surface area contributed by atoms with Gasteiger partial charge in [-0.1, -0.05) is 6.92 Å². The highest BCUT2D eigenvalue weighted by atomic mass is 19.1. The number of rotatable bonds is 4. The lowest BCUT2D eigenvalue weighted by Crippen LogP contribution is -2.07. The zero-order valence-electron chi connectivity index (χ0n) is 8.60. The molecule has 5 nitrogen and oxygen atoms in total. The van der Waals surface area contributed by atoms with E-state index < -0.39 is 22.4 Å². The van der Waals surface area contributed by atoms with Crippen molar-refractivity contribution in [3.8, 4) is 0 Å². The summed E-state index contributed by atoms with van der Waals surface area (Å²) in [7, 11) is 0. The van der Waals surface area contributed by atoms with Gasteiger partial charge in [0.05, 0.1) is 23.2 Å². The van der Waals surface area contributed by atoms with E-state index in [1.807, 2.05) is 0 Å². The van der Waals surface area contributed by atoms with E-state index in [1.54, 1.807) is 6.92 Å². The Bertz CT molecular complexity index is 419. The van der Waals surface area contributed by atoms with Gasteiger partial charge in [-0.15, -0.1) is 0 Å². The van der Waals surface area contributed by atoms with Gasteiger partial charge >= 0.3 is 5.97 Å². The van der Waals surface area contributed by atoms with Crippen LogP contribution in [0, 0.1) is 15.9 Å². The van der Waals surface area contributed by atoms with Gasteiger partial charge in [-0.05, 0) is 12.5 Å². The summed E-state index contributed by atoms with van der Waals surface area (Å²) >= 11 is 0. The molecule has 0 N–H and O–H groups in total. The average molecular weight is 227 g/mol. The molecule has 0 fully saturated rings. The Balaban J connectivity index is 2.95. The summed E-state index contributed by atoms with van der Waals surface area (Å²) < 4.78 is 17.7. The molecule has 0 saturated carbocycles. The maximum Gasteiger partial charge on any atom is 0.338 e. The number of carbonyl (C=O) groups excluding carboxylic acids is 1. The lowest BCUT2D eigenvalue weighted by atomic mass is 10.2. The van der Waals surface area contributed by atoms with Crippen LogP contribution in [0.25, 0.3) is 0 Å². The van der Waals surface area contributed by atoms with Gasteiger partial charge in [-0.25, -0.2) is 9.18 Å². The molecule has 0 spiro atoms. The second-order valence-corrected chi connectivity index (χ2v) is 3.09. The molecular weight excluding hydrogens is 217 g/mol. The number of non-ortho nitro benzene ring substituents is 1. The quantitative estimate of drug-likeness (QED) is 0.449. The summed E-state index contributed by atoms with van der Waals surface area (Å²) in [6.45, 7) is 2.00. The smallest absolute Gasteiger partial charge is 0.338 e. The van der Waals surface area contributed by atoms with Crippen molar-refractivity contribution in [2.75, 3.05) is 6.61 Å². The van der Waals surface area contributed by atoms with Crippen molar-refractivity contribution in [2.45, 2.75) is 13.3 Å². The SMILES string of the molecule is CCCOC(=O)c1cc(F)cc([N+](=O)[O-])c1. The Morgan fingerprint density at radius 2 is 2.19 bits per heavy atom. The van der Waals surface area contributed by atoms with E-state index in [2.05, 4.69) is 0 Å². The number of hydrogen-bond acceptors (Lipinski definition) is 4. The van der Waals surface area contributed by atoms with Crippen LogP contribution in [0.15, 0.2) is 18.2 Å². The summed E-state index contributed by atoms with van der Waals surface area (Å²) in [6.07, 6.45) is 0.628. The van der Waals surface area contributed by atoms with Gasteiger partial charge in [0.2, 0.25) is 0 Å². The van der Waals surface area contributed by atoms with E-state index in [4.69, 9.17) is 4.74 Å². The molecule has 6 heteroatoms. The van der Waals surface area contributed by atoms with Crippen LogP contribution < -0.4 is 0 Å². The third kappa shape index (κ3) is 3.01. The second-order valence-electron chi connectivity index (χ2n) is 3.09. The highest BCUT2D eigenvalue weighted by molar-refractivity contribution is 5.90. The molecule has 0 bridgehead atoms. The highest BCUT2D eigenvalue weighted by Crippen LogP contribution is 2.16. The molecule has 0 saturated heterocycles. The fourth-order valence-electron chi connectivity index (χ4n) is 1.08. The van der Waals surface area contributed by atoms with E-state index in [-0.39, 0.29) is 12.2 Å². The molecule has 0 aromatic heterocycles. The van der Waals surface area contributed by atoms with Crippen LogP contribution in [0.3, 0.4) is 0 Å². The number of ether oxygens (including phenoxy) is 1. The molecule has 1 rings (SSSR count). The predicted octanol–water partition coefficient (Wildman–Crippen LogP) is 2.30. The Labute approximate surface area is 91.0 Å². The maximum atomic E-state index is 13.0. The van der Waals surface area contributed by atoms with Crippen LogP contribution in [0.1, 0.15) is 23.7 Å². The molecule has 0 atom stereocenters. The molecule has 86 valence electrons. The minimum absolute atomic E-state index is 0.153. The standard InChI is InChI=1S/C10H10FNO4/c1-2-3-16-10(13)7-4-8(11)6-9(5-7)12(14)15/h4-6H,2-3H2,1H3. The fourth-order valence-corrected chi connectivity index (χ4v) is 1.08. The normalized spacial score (nSPS) is 9.88. The van der Waals surface area contributed by atoms with E-state index >= 15 is 0 Å². The number of nitro groups is 1. The number of hydrogen-bond donors (Lipinski definition) is 0. The molecule has 16 heavy (non-hydrogen) atoms. The predicted molar refractivity (Wildman–Crippen MR) is 53.6 cm³/mol. The van der Waals surface area contributed by atoms with E-state index in [0.717, 1.165) is 18.2 Å². The molecule has 0 unspecified atom stereocenters. The van der Waals surface area contributed by atoms with Crippen molar-refractivity contribution in [1.82, 2.24) is 0 Å². The van der Waals surface area contributed by atoms with Crippen LogP contribution >= 0.6 is 0 Å². The first-order valence-electron chi connectivity index (χ1n) is 4.66. The van der Waals surface area contributed by atoms with Crippen molar-refractivity contribution < 1.29 is 18.8 Å². The number of nitro benzene ring substituents is 1. The van der Waals surface area contributed by atoms with Crippen LogP contribution in [0.4, 0.5) is 10.1 Å². The van der Waals surface area contributed by atoms with Crippen molar-refractivity contribution >= 4 is 11.7 Å². The molecule has 0 aliphatic carbocycles. The number of esters is 1. The Morgan fingerprint density at radius 1 is 1.50 bits per heavy atom. The van der Waals surface area contributed by atoms with Gasteiger partial charge < -0.3 is 4.74 Å². The van der Waals surface area contributed by atoms with Gasteiger partial charge in [0.25, 0.3) is 5.69 Å². The third-order valence-corrected chi connectivity index (χ3v) is 1.77. The number of halogens is 1. The summed E-state index contributed by atoms with van der Waals surface area (Å²) in [4.78, 5) is 21.0. The molecule has 0 amide bonds. The Kier molecular flexibility index (Phi) is 3.93. The zero-order valence-corrected chi connectivity index (χ0v) is 8.60. The maximum absolute atomic E-state index is 13.0. The lowest BCUT2D eigenvalue weighted by molar-refractivity contribution is -0.385. The van der Waals surface area contributed by atoms with Gasteiger partial charge in [0, 0.05) is 6.07 Å². The van der Waals surface area contributed by atoms with Gasteiger partial charge in [0.1, 0.15) is 5.82 Å². The molecular formula is C10H10FNO4. The van der Waals surface area contributed by atoms with Gasteiger partial charge in [0.15, 0.2) is 0 Å². The monoisotopic (exact) mass is 227 g/mol. The van der Waals surface area contributed by atoms with E-state index in [1.165, 1.54) is 0 Å². The number of carbonyl (C=O) groups is 1. The largest absolute Gasteiger partial charge is 0.462 e. The molecule has 0 radical (unpaired) electrons. The first-order valence-corrected chi connectivity index (χ1v) is 4.66. The second kappa shape index (κ2) is 5.20. The Hall–Kier alpha value is -1.98. The third-order valence-electron chi connectivity index (χ3n) is 1.77. The fraction of sp³-hybridized carbons (Fsp3) is 0.300. The molecule has 1 aromatic carbocycles. The van der Waals surface area contributed by atoms with Crippen LogP contribution in [0.5, 0.6) is 0 Å². The summed E-state index contributed by atoms with van der Waals surface area (Å²) in [6, 6.07) is 2.64. The van der Waals surface area contributed by atoms with Crippen molar-refractivity contribution in [3.63, 3.8) is 0 Å². The summed E-state index contributed by atoms with van der Waals surface area (Å²) in [5.74, 6) is -1.60. The van der Waals surface area contributed by atoms with E-state index in [9.17, 15) is 19.3 Å². The number of benzene rings is 1. The topological polar surface area (TPSA) is 69.4 Å². The molecule has 0 aliphatic rings. The minimum atomic E-state index is -0.836. The van der Waals surface area contributed by atoms with Gasteiger partial charge in [-0.3, -0.25) is 10.1 Å². The van der Waals surface area contributed by atoms with Crippen LogP contribution in [-0.2, 0) is 4.74 Å². The Morgan fingerprint density at radius 3 is 2.75 bits per heavy atom. The summed E-state index contributed by atoms with van der Waals surface area (Å²) in [5, 5.41) is 10.4. The first-order chi connectivity index (χ1) is 7.54. The first kappa shape index (κ1) is 12.1. The van der Waals surface area contributed by atoms with Crippen LogP contribution in [-0.4, -0.2) is 17.5 Å². The lowest BCUT2D eigenvalue weighted by Gasteiger charge is -2.02. The van der Waals surface area contributed by atoms with Crippen molar-refractivity contribution in [3.05, 3.63) is 39.7 Å². The average Bonchev–Trinajstić information content (AvgIpc) is 2.24. The van der Waals surface area contributed by atoms with Crippen molar-refractivity contribution in [1.29, 1.82) is 0 Å². The minimum Gasteiger partial charge on any atom is -0.462 e. The highest BCUT2D eigenvalue weighted by Gasteiger charge is 2.15. The molecule has 1 aromatic rings. The zero-order chi connectivity index (χ0) is 12.1. The van der Waals surface area contributed by atoms with Crippen molar-refractivity contribution in [2.24, 2.45) is 0 Å². The molecule has 0 aliphatic heterocycles. The van der Waals surface area contributed by atoms with Gasteiger partial charge in [-0.2, -0.15) is 0 Å². The van der Waals surface area contributed by atoms with Crippen LogP contribution in [0.2, 0.25) is 0 Å². The van der Waals surface area contributed by atoms with E-state index in [0.29, 0.717) is 6.42 Å².